The van der Waals surface area contributed by atoms with E-state index in [1.165, 1.54) is 0 Å². The Hall–Kier alpha value is -2.02. The van der Waals surface area contributed by atoms with Crippen LogP contribution in [0.25, 0.3) is 0 Å². The highest BCUT2D eigenvalue weighted by atomic mass is 19.1. The van der Waals surface area contributed by atoms with E-state index in [-0.39, 0.29) is 11.5 Å². The van der Waals surface area contributed by atoms with Gasteiger partial charge in [-0.2, -0.15) is 5.10 Å². The lowest BCUT2D eigenvalue weighted by Crippen LogP contribution is -2.06. The van der Waals surface area contributed by atoms with Gasteiger partial charge < -0.3 is 10.4 Å². The van der Waals surface area contributed by atoms with Crippen molar-refractivity contribution in [3.63, 3.8) is 0 Å². The molecule has 0 spiro atoms. The van der Waals surface area contributed by atoms with Crippen LogP contribution in [0.1, 0.15) is 17.2 Å². The van der Waals surface area contributed by atoms with Crippen LogP contribution in [0, 0.1) is 19.7 Å². The molecule has 3 N–H and O–H groups in total. The van der Waals surface area contributed by atoms with Crippen molar-refractivity contribution in [3.8, 4) is 0 Å². The zero-order valence-corrected chi connectivity index (χ0v) is 9.45. The van der Waals surface area contributed by atoms with Gasteiger partial charge >= 0.3 is 0 Å². The van der Waals surface area contributed by atoms with E-state index in [1.54, 1.807) is 13.0 Å². The molecule has 0 bridgehead atoms. The number of rotatable bonds is 3. The third-order valence-corrected chi connectivity index (χ3v) is 2.13. The van der Waals surface area contributed by atoms with E-state index in [0.29, 0.717) is 11.6 Å². The Morgan fingerprint density at radius 3 is 2.76 bits per heavy atom. The fourth-order valence-electron chi connectivity index (χ4n) is 1.41. The van der Waals surface area contributed by atoms with Crippen LogP contribution < -0.4 is 5.32 Å². The maximum atomic E-state index is 13.8. The molecule has 2 rings (SSSR count). The number of hydrogen-bond donors (Lipinski definition) is 3. The number of aromatic amines is 1. The standard InChI is InChI=1S/C10H12FN5O/c1-5-3-8(16-15-5)14-10-9(11)7(4-17)12-6(2)13-10/h3,17H,4H2,1-2H3,(H2,12,13,14,15,16). The summed E-state index contributed by atoms with van der Waals surface area (Å²) in [5.74, 6) is 0.181. The number of aromatic nitrogens is 4. The number of nitrogens with one attached hydrogen (secondary N) is 2. The number of halogens is 1. The summed E-state index contributed by atoms with van der Waals surface area (Å²) >= 11 is 0. The Balaban J connectivity index is 2.35. The molecule has 7 heteroatoms. The Bertz CT molecular complexity index is 539. The van der Waals surface area contributed by atoms with E-state index in [2.05, 4.69) is 25.5 Å². The number of aliphatic hydroxyl groups excluding tert-OH is 1. The average Bonchev–Trinajstić information content (AvgIpc) is 2.69. The van der Waals surface area contributed by atoms with Crippen LogP contribution >= 0.6 is 0 Å². The quantitative estimate of drug-likeness (QED) is 0.746. The summed E-state index contributed by atoms with van der Waals surface area (Å²) in [6, 6.07) is 1.72. The van der Waals surface area contributed by atoms with Gasteiger partial charge in [-0.05, 0) is 13.8 Å². The summed E-state index contributed by atoms with van der Waals surface area (Å²) in [5.41, 5.74) is 0.813. The molecule has 6 nitrogen and oxygen atoms in total. The van der Waals surface area contributed by atoms with Crippen LogP contribution in [0.4, 0.5) is 16.0 Å². The molecule has 0 saturated carbocycles. The van der Waals surface area contributed by atoms with Gasteiger partial charge in [-0.1, -0.05) is 0 Å². The molecule has 0 unspecified atom stereocenters. The Labute approximate surface area is 96.9 Å². The lowest BCUT2D eigenvalue weighted by molar-refractivity contribution is 0.269. The van der Waals surface area contributed by atoms with Gasteiger partial charge in [-0.15, -0.1) is 0 Å². The topological polar surface area (TPSA) is 86.7 Å². The van der Waals surface area contributed by atoms with Crippen molar-refractivity contribution in [2.75, 3.05) is 5.32 Å². The molecule has 0 aliphatic rings. The van der Waals surface area contributed by atoms with E-state index in [0.717, 1.165) is 5.69 Å². The minimum absolute atomic E-state index is 0.00745. The fourth-order valence-corrected chi connectivity index (χ4v) is 1.41. The molecule has 0 fully saturated rings. The molecule has 0 aliphatic heterocycles. The van der Waals surface area contributed by atoms with Gasteiger partial charge in [0, 0.05) is 11.8 Å². The van der Waals surface area contributed by atoms with Gasteiger partial charge in [-0.3, -0.25) is 5.10 Å². The molecule has 0 aliphatic carbocycles. The predicted octanol–water partition coefficient (Wildman–Crippen LogP) is 1.19. The third kappa shape index (κ3) is 2.39. The van der Waals surface area contributed by atoms with Gasteiger partial charge in [0.1, 0.15) is 11.5 Å². The number of H-pyrrole nitrogens is 1. The van der Waals surface area contributed by atoms with Crippen molar-refractivity contribution < 1.29 is 9.50 Å². The smallest absolute Gasteiger partial charge is 0.189 e. The van der Waals surface area contributed by atoms with Gasteiger partial charge in [0.05, 0.1) is 6.61 Å². The van der Waals surface area contributed by atoms with Crippen LogP contribution in [0.15, 0.2) is 6.07 Å². The van der Waals surface area contributed by atoms with E-state index < -0.39 is 12.4 Å². The molecule has 0 saturated heterocycles. The zero-order chi connectivity index (χ0) is 12.4. The number of anilines is 2. The summed E-state index contributed by atoms with van der Waals surface area (Å²) in [6.45, 7) is 2.99. The van der Waals surface area contributed by atoms with Crippen molar-refractivity contribution in [2.24, 2.45) is 0 Å². The average molecular weight is 237 g/mol. The second-order valence-electron chi connectivity index (χ2n) is 3.60. The summed E-state index contributed by atoms with van der Waals surface area (Å²) in [4.78, 5) is 7.72. The number of nitrogens with zero attached hydrogens (tertiary/aromatic N) is 3. The van der Waals surface area contributed by atoms with E-state index in [4.69, 9.17) is 5.11 Å². The number of aryl methyl sites for hydroxylation is 2. The van der Waals surface area contributed by atoms with E-state index >= 15 is 0 Å². The van der Waals surface area contributed by atoms with E-state index in [9.17, 15) is 4.39 Å². The SMILES string of the molecule is Cc1nc(CO)c(F)c(Nc2cc(C)[nH]n2)n1. The molecule has 17 heavy (non-hydrogen) atoms. The number of hydrogen-bond acceptors (Lipinski definition) is 5. The van der Waals surface area contributed by atoms with Gasteiger partial charge in [-0.25, -0.2) is 14.4 Å². The fraction of sp³-hybridized carbons (Fsp3) is 0.300. The highest BCUT2D eigenvalue weighted by Gasteiger charge is 2.13. The van der Waals surface area contributed by atoms with Crippen molar-refractivity contribution >= 4 is 11.6 Å². The summed E-state index contributed by atoms with van der Waals surface area (Å²) in [7, 11) is 0. The molecule has 0 atom stereocenters. The highest BCUT2D eigenvalue weighted by Crippen LogP contribution is 2.18. The molecular formula is C10H12FN5O. The van der Waals surface area contributed by atoms with Gasteiger partial charge in [0.2, 0.25) is 0 Å². The minimum Gasteiger partial charge on any atom is -0.390 e. The van der Waals surface area contributed by atoms with Gasteiger partial charge in [0.15, 0.2) is 17.5 Å². The van der Waals surface area contributed by atoms with Crippen LogP contribution in [0.5, 0.6) is 0 Å². The van der Waals surface area contributed by atoms with Crippen LogP contribution in [-0.2, 0) is 6.61 Å². The van der Waals surface area contributed by atoms with Crippen LogP contribution in [0.3, 0.4) is 0 Å². The largest absolute Gasteiger partial charge is 0.390 e. The molecule has 0 radical (unpaired) electrons. The normalized spacial score (nSPS) is 10.6. The molecule has 2 aromatic rings. The molecule has 0 aromatic carbocycles. The van der Waals surface area contributed by atoms with Crippen LogP contribution in [-0.4, -0.2) is 25.3 Å². The highest BCUT2D eigenvalue weighted by molar-refractivity contribution is 5.52. The summed E-state index contributed by atoms with van der Waals surface area (Å²) in [5, 5.41) is 18.3. The first-order chi connectivity index (χ1) is 8.10. The zero-order valence-electron chi connectivity index (χ0n) is 9.45. The minimum atomic E-state index is -0.668. The molecule has 90 valence electrons. The number of aliphatic hydroxyl groups is 1. The lowest BCUT2D eigenvalue weighted by Gasteiger charge is -2.07. The molecular weight excluding hydrogens is 225 g/mol. The Kier molecular flexibility index (Phi) is 3.01. The first-order valence-corrected chi connectivity index (χ1v) is 5.03. The molecule has 0 amide bonds. The first-order valence-electron chi connectivity index (χ1n) is 5.03. The van der Waals surface area contributed by atoms with Crippen molar-refractivity contribution in [2.45, 2.75) is 20.5 Å². The second-order valence-corrected chi connectivity index (χ2v) is 3.60. The van der Waals surface area contributed by atoms with Crippen LogP contribution in [0.2, 0.25) is 0 Å². The predicted molar refractivity (Wildman–Crippen MR) is 59.3 cm³/mol. The maximum Gasteiger partial charge on any atom is 0.189 e. The first kappa shape index (κ1) is 11.5. The van der Waals surface area contributed by atoms with Crippen molar-refractivity contribution in [1.29, 1.82) is 0 Å². The molecule has 2 heterocycles. The lowest BCUT2D eigenvalue weighted by atomic mass is 10.3. The molecule has 2 aromatic heterocycles. The summed E-state index contributed by atoms with van der Waals surface area (Å²) in [6.07, 6.45) is 0. The maximum absolute atomic E-state index is 13.8. The van der Waals surface area contributed by atoms with Crippen molar-refractivity contribution in [1.82, 2.24) is 20.2 Å². The Morgan fingerprint density at radius 1 is 1.41 bits per heavy atom. The second kappa shape index (κ2) is 4.46. The summed E-state index contributed by atoms with van der Waals surface area (Å²) < 4.78 is 13.8. The third-order valence-electron chi connectivity index (χ3n) is 2.13. The van der Waals surface area contributed by atoms with Gasteiger partial charge in [0.25, 0.3) is 0 Å². The monoisotopic (exact) mass is 237 g/mol. The Morgan fingerprint density at radius 2 is 2.18 bits per heavy atom. The van der Waals surface area contributed by atoms with E-state index in [1.807, 2.05) is 6.92 Å². The van der Waals surface area contributed by atoms with Crippen molar-refractivity contribution in [3.05, 3.63) is 29.1 Å².